The summed E-state index contributed by atoms with van der Waals surface area (Å²) in [5.41, 5.74) is 0.582. The molecule has 1 atom stereocenters. The molecule has 2 aliphatic rings. The summed E-state index contributed by atoms with van der Waals surface area (Å²) in [7, 11) is 0. The molecule has 0 aromatic carbocycles. The second-order valence-corrected chi connectivity index (χ2v) is 2.77. The minimum absolute atomic E-state index is 0.0504. The molecule has 0 fully saturated rings. The first kappa shape index (κ1) is 7.16. The number of aliphatic imine (C=N–C) groups is 1. The van der Waals surface area contributed by atoms with Crippen molar-refractivity contribution in [3.8, 4) is 0 Å². The van der Waals surface area contributed by atoms with Crippen LogP contribution in [0.15, 0.2) is 28.9 Å². The number of allylic oxidation sites excluding steroid dienone is 4. The van der Waals surface area contributed by atoms with Crippen LogP contribution in [0.1, 0.15) is 6.42 Å². The lowest BCUT2D eigenvalue weighted by atomic mass is 9.88. The summed E-state index contributed by atoms with van der Waals surface area (Å²) >= 11 is 0. The Labute approximate surface area is 69.5 Å². The number of nitrogens with zero attached hydrogens (tertiary/aromatic N) is 1. The minimum Gasteiger partial charge on any atom is -0.298 e. The fourth-order valence-electron chi connectivity index (χ4n) is 1.38. The third-order valence-corrected chi connectivity index (χ3v) is 1.96. The van der Waals surface area contributed by atoms with Gasteiger partial charge in [-0.15, -0.1) is 0 Å². The van der Waals surface area contributed by atoms with E-state index in [0.29, 0.717) is 5.70 Å². The lowest BCUT2D eigenvalue weighted by Crippen LogP contribution is -2.28. The first-order valence-electron chi connectivity index (χ1n) is 3.76. The van der Waals surface area contributed by atoms with Gasteiger partial charge < -0.3 is 0 Å². The van der Waals surface area contributed by atoms with Crippen LogP contribution in [0.2, 0.25) is 0 Å². The van der Waals surface area contributed by atoms with Gasteiger partial charge in [0.25, 0.3) is 0 Å². The molecular weight excluding hydrogens is 154 g/mol. The van der Waals surface area contributed by atoms with Crippen molar-refractivity contribution in [2.45, 2.75) is 6.42 Å². The largest absolute Gasteiger partial charge is 0.298 e. The van der Waals surface area contributed by atoms with Gasteiger partial charge in [0.2, 0.25) is 0 Å². The van der Waals surface area contributed by atoms with Gasteiger partial charge in [0.15, 0.2) is 11.6 Å². The minimum atomic E-state index is -0.611. The molecule has 1 unspecified atom stereocenters. The second-order valence-electron chi connectivity index (χ2n) is 2.77. The molecule has 0 saturated carbocycles. The maximum absolute atomic E-state index is 11.3. The van der Waals surface area contributed by atoms with Crippen LogP contribution in [0.4, 0.5) is 0 Å². The molecule has 0 spiro atoms. The number of ketones is 2. The van der Waals surface area contributed by atoms with Gasteiger partial charge in [-0.05, 0) is 12.2 Å². The van der Waals surface area contributed by atoms with Gasteiger partial charge >= 0.3 is 0 Å². The van der Waals surface area contributed by atoms with Crippen LogP contribution in [-0.2, 0) is 9.59 Å². The average Bonchev–Trinajstić information content (AvgIpc) is 2.04. The summed E-state index contributed by atoms with van der Waals surface area (Å²) in [4.78, 5) is 26.5. The topological polar surface area (TPSA) is 46.5 Å². The summed E-state index contributed by atoms with van der Waals surface area (Å²) in [6, 6.07) is 0. The van der Waals surface area contributed by atoms with Crippen molar-refractivity contribution in [3.63, 3.8) is 0 Å². The SMILES string of the molecule is O=C1C=CC=C2N=CCC(=O)C12. The van der Waals surface area contributed by atoms with E-state index in [9.17, 15) is 9.59 Å². The van der Waals surface area contributed by atoms with E-state index in [1.54, 1.807) is 18.4 Å². The molecule has 0 amide bonds. The van der Waals surface area contributed by atoms with Gasteiger partial charge in [-0.25, -0.2) is 0 Å². The Morgan fingerprint density at radius 1 is 1.42 bits per heavy atom. The number of rotatable bonds is 0. The van der Waals surface area contributed by atoms with E-state index < -0.39 is 5.92 Å². The highest BCUT2D eigenvalue weighted by Gasteiger charge is 2.31. The third kappa shape index (κ3) is 0.942. The molecule has 1 heterocycles. The van der Waals surface area contributed by atoms with Gasteiger partial charge in [-0.2, -0.15) is 0 Å². The van der Waals surface area contributed by atoms with Crippen LogP contribution in [0.25, 0.3) is 0 Å². The van der Waals surface area contributed by atoms with Gasteiger partial charge in [-0.3, -0.25) is 14.6 Å². The fourth-order valence-corrected chi connectivity index (χ4v) is 1.38. The predicted molar refractivity (Wildman–Crippen MR) is 43.8 cm³/mol. The lowest BCUT2D eigenvalue weighted by molar-refractivity contribution is -0.128. The van der Waals surface area contributed by atoms with E-state index in [0.717, 1.165) is 0 Å². The fraction of sp³-hybridized carbons (Fsp3) is 0.222. The highest BCUT2D eigenvalue weighted by molar-refractivity contribution is 6.15. The molecule has 2 rings (SSSR count). The smallest absolute Gasteiger partial charge is 0.172 e. The number of carbonyl (C=O) groups is 2. The Bertz CT molecular complexity index is 336. The molecule has 0 bridgehead atoms. The van der Waals surface area contributed by atoms with E-state index in [4.69, 9.17) is 0 Å². The van der Waals surface area contributed by atoms with Crippen LogP contribution in [0.3, 0.4) is 0 Å². The maximum Gasteiger partial charge on any atom is 0.172 e. The van der Waals surface area contributed by atoms with Crippen molar-refractivity contribution in [1.82, 2.24) is 0 Å². The van der Waals surface area contributed by atoms with Crippen molar-refractivity contribution < 1.29 is 9.59 Å². The Hall–Kier alpha value is -1.51. The van der Waals surface area contributed by atoms with Crippen molar-refractivity contribution in [3.05, 3.63) is 23.9 Å². The highest BCUT2D eigenvalue weighted by Crippen LogP contribution is 2.23. The third-order valence-electron chi connectivity index (χ3n) is 1.96. The van der Waals surface area contributed by atoms with Crippen LogP contribution in [0, 0.1) is 5.92 Å². The summed E-state index contributed by atoms with van der Waals surface area (Å²) in [5, 5.41) is 0. The van der Waals surface area contributed by atoms with E-state index in [2.05, 4.69) is 4.99 Å². The molecule has 3 heteroatoms. The molecule has 12 heavy (non-hydrogen) atoms. The number of fused-ring (bicyclic) bond motifs is 1. The molecule has 1 aliphatic carbocycles. The summed E-state index contributed by atoms with van der Waals surface area (Å²) in [6.45, 7) is 0. The van der Waals surface area contributed by atoms with Gasteiger partial charge in [0.05, 0.1) is 5.70 Å². The Morgan fingerprint density at radius 2 is 2.25 bits per heavy atom. The Kier molecular flexibility index (Phi) is 1.50. The number of Topliss-reactive ketones (excluding diaryl/α,β-unsaturated/α-hetero) is 1. The Morgan fingerprint density at radius 3 is 3.00 bits per heavy atom. The monoisotopic (exact) mass is 161 g/mol. The molecule has 3 nitrogen and oxygen atoms in total. The number of hydrogen-bond acceptors (Lipinski definition) is 3. The highest BCUT2D eigenvalue weighted by atomic mass is 16.1. The van der Waals surface area contributed by atoms with Crippen LogP contribution >= 0.6 is 0 Å². The van der Waals surface area contributed by atoms with Crippen LogP contribution in [0.5, 0.6) is 0 Å². The summed E-state index contributed by atoms with van der Waals surface area (Å²) < 4.78 is 0. The molecule has 0 saturated heterocycles. The zero-order valence-corrected chi connectivity index (χ0v) is 6.36. The molecule has 0 aromatic rings. The van der Waals surface area contributed by atoms with Crippen molar-refractivity contribution >= 4 is 17.8 Å². The van der Waals surface area contributed by atoms with E-state index >= 15 is 0 Å². The van der Waals surface area contributed by atoms with Gasteiger partial charge in [0, 0.05) is 12.6 Å². The summed E-state index contributed by atoms with van der Waals surface area (Å²) in [6.07, 6.45) is 6.59. The molecule has 0 aromatic heterocycles. The zero-order chi connectivity index (χ0) is 8.55. The predicted octanol–water partition coefficient (Wildman–Crippen LogP) is 0.669. The maximum atomic E-state index is 11.3. The van der Waals surface area contributed by atoms with Gasteiger partial charge in [0.1, 0.15) is 5.92 Å². The summed E-state index contributed by atoms with van der Waals surface area (Å²) in [5.74, 6) is -0.806. The second kappa shape index (κ2) is 2.52. The molecular formula is C9H7NO2. The van der Waals surface area contributed by atoms with E-state index in [1.807, 2.05) is 0 Å². The molecule has 0 N–H and O–H groups in total. The molecule has 0 radical (unpaired) electrons. The van der Waals surface area contributed by atoms with Crippen molar-refractivity contribution in [2.75, 3.05) is 0 Å². The first-order valence-corrected chi connectivity index (χ1v) is 3.76. The quantitative estimate of drug-likeness (QED) is 0.490. The average molecular weight is 161 g/mol. The number of hydrogen-bond donors (Lipinski definition) is 0. The van der Waals surface area contributed by atoms with Gasteiger partial charge in [-0.1, -0.05) is 6.08 Å². The Balaban J connectivity index is 2.46. The number of carbonyl (C=O) groups excluding carboxylic acids is 2. The first-order chi connectivity index (χ1) is 5.79. The molecule has 60 valence electrons. The van der Waals surface area contributed by atoms with E-state index in [-0.39, 0.29) is 18.0 Å². The van der Waals surface area contributed by atoms with Crippen LogP contribution in [-0.4, -0.2) is 17.8 Å². The normalized spacial score (nSPS) is 27.0. The standard InChI is InChI=1S/C9H7NO2/c11-7-3-1-2-6-9(7)8(12)4-5-10-6/h1-3,5,9H,4H2. The van der Waals surface area contributed by atoms with Crippen molar-refractivity contribution in [1.29, 1.82) is 0 Å². The van der Waals surface area contributed by atoms with Crippen LogP contribution < -0.4 is 0 Å². The van der Waals surface area contributed by atoms with Crippen molar-refractivity contribution in [2.24, 2.45) is 10.9 Å². The lowest BCUT2D eigenvalue weighted by Gasteiger charge is -2.18. The molecule has 1 aliphatic heterocycles. The zero-order valence-electron chi connectivity index (χ0n) is 6.36. The van der Waals surface area contributed by atoms with E-state index in [1.165, 1.54) is 6.08 Å².